The highest BCUT2D eigenvalue weighted by atomic mass is 35.5. The fourth-order valence-corrected chi connectivity index (χ4v) is 1.92. The second-order valence-corrected chi connectivity index (χ2v) is 4.73. The Hall–Kier alpha value is -1.98. The van der Waals surface area contributed by atoms with E-state index in [1.54, 1.807) is 30.5 Å². The summed E-state index contributed by atoms with van der Waals surface area (Å²) in [7, 11) is 0. The average Bonchev–Trinajstić information content (AvgIpc) is 2.51. The maximum absolute atomic E-state index is 11.9. The molecule has 0 unspecified atom stereocenters. The second kappa shape index (κ2) is 11.6. The number of carbonyl (C=O) groups is 1. The highest BCUT2D eigenvalue weighted by molar-refractivity contribution is 5.94. The first-order valence-corrected chi connectivity index (χ1v) is 7.04. The van der Waals surface area contributed by atoms with Crippen molar-refractivity contribution in [3.63, 3.8) is 0 Å². The van der Waals surface area contributed by atoms with E-state index in [4.69, 9.17) is 5.73 Å². The Kier molecular flexibility index (Phi) is 10.6. The van der Waals surface area contributed by atoms with E-state index in [2.05, 4.69) is 15.6 Å². The van der Waals surface area contributed by atoms with Gasteiger partial charge in [0.15, 0.2) is 0 Å². The normalized spacial score (nSPS) is 9.22. The number of nitrogens with zero attached hydrogens (tertiary/aromatic N) is 1. The summed E-state index contributed by atoms with van der Waals surface area (Å²) in [5.41, 5.74) is 6.85. The van der Waals surface area contributed by atoms with E-state index in [-0.39, 0.29) is 30.7 Å². The first-order valence-electron chi connectivity index (χ1n) is 7.04. The Labute approximate surface area is 148 Å². The van der Waals surface area contributed by atoms with Crippen LogP contribution in [0.4, 0.5) is 11.5 Å². The van der Waals surface area contributed by atoms with Gasteiger partial charge < -0.3 is 16.4 Å². The van der Waals surface area contributed by atoms with Crippen molar-refractivity contribution in [1.82, 2.24) is 10.3 Å². The van der Waals surface area contributed by atoms with Gasteiger partial charge in [0.2, 0.25) is 0 Å². The summed E-state index contributed by atoms with van der Waals surface area (Å²) in [6, 6.07) is 12.7. The standard InChI is InChI=1S/C16H20N4O.2ClH/c17-14-7-5-6-13(12-14)16(21)20-11-4-3-10-19-15-8-1-2-9-18-15;;/h1-2,5-9,12H,3-4,10-11,17H2,(H,18,19)(H,20,21);2*1H. The number of carbonyl (C=O) groups excluding carboxylic acids is 1. The number of hydrogen-bond donors (Lipinski definition) is 3. The second-order valence-electron chi connectivity index (χ2n) is 4.73. The lowest BCUT2D eigenvalue weighted by molar-refractivity contribution is 0.0953. The van der Waals surface area contributed by atoms with Crippen molar-refractivity contribution >= 4 is 42.2 Å². The zero-order valence-corrected chi connectivity index (χ0v) is 14.3. The number of aromatic nitrogens is 1. The molecule has 1 aromatic heterocycles. The van der Waals surface area contributed by atoms with Crippen LogP contribution in [0, 0.1) is 0 Å². The Morgan fingerprint density at radius 2 is 1.83 bits per heavy atom. The number of rotatable bonds is 7. The number of nitrogen functional groups attached to an aromatic ring is 1. The van der Waals surface area contributed by atoms with Gasteiger partial charge in [-0.3, -0.25) is 4.79 Å². The van der Waals surface area contributed by atoms with Crippen molar-refractivity contribution in [2.24, 2.45) is 0 Å². The summed E-state index contributed by atoms with van der Waals surface area (Å²) in [5, 5.41) is 6.12. The lowest BCUT2D eigenvalue weighted by Crippen LogP contribution is -2.24. The smallest absolute Gasteiger partial charge is 0.251 e. The third-order valence-electron chi connectivity index (χ3n) is 3.01. The van der Waals surface area contributed by atoms with Crippen LogP contribution in [0.3, 0.4) is 0 Å². The van der Waals surface area contributed by atoms with Crippen molar-refractivity contribution < 1.29 is 4.79 Å². The van der Waals surface area contributed by atoms with Crippen LogP contribution >= 0.6 is 24.8 Å². The molecule has 0 bridgehead atoms. The average molecular weight is 357 g/mol. The van der Waals surface area contributed by atoms with E-state index in [0.717, 1.165) is 25.2 Å². The number of unbranched alkanes of at least 4 members (excludes halogenated alkanes) is 1. The minimum Gasteiger partial charge on any atom is -0.399 e. The van der Waals surface area contributed by atoms with E-state index in [9.17, 15) is 4.79 Å². The Bertz CT molecular complexity index is 581. The molecule has 4 N–H and O–H groups in total. The van der Waals surface area contributed by atoms with Crippen LogP contribution in [0.25, 0.3) is 0 Å². The lowest BCUT2D eigenvalue weighted by Gasteiger charge is -2.07. The molecule has 0 saturated carbocycles. The van der Waals surface area contributed by atoms with Crippen molar-refractivity contribution in [2.45, 2.75) is 12.8 Å². The number of hydrogen-bond acceptors (Lipinski definition) is 4. The summed E-state index contributed by atoms with van der Waals surface area (Å²) in [5.74, 6) is 0.793. The fraction of sp³-hybridized carbons (Fsp3) is 0.250. The Morgan fingerprint density at radius 3 is 2.52 bits per heavy atom. The number of nitrogens with two attached hydrogens (primary N) is 1. The van der Waals surface area contributed by atoms with Gasteiger partial charge in [0.1, 0.15) is 5.82 Å². The molecule has 126 valence electrons. The van der Waals surface area contributed by atoms with Crippen LogP contribution in [0.5, 0.6) is 0 Å². The fourth-order valence-electron chi connectivity index (χ4n) is 1.92. The first kappa shape index (κ1) is 21.0. The zero-order chi connectivity index (χ0) is 14.9. The van der Waals surface area contributed by atoms with Crippen molar-refractivity contribution in [3.05, 3.63) is 54.2 Å². The minimum atomic E-state index is -0.0833. The van der Waals surface area contributed by atoms with Gasteiger partial charge in [-0.2, -0.15) is 0 Å². The highest BCUT2D eigenvalue weighted by Gasteiger charge is 2.04. The topological polar surface area (TPSA) is 80.0 Å². The van der Waals surface area contributed by atoms with Gasteiger partial charge in [0.25, 0.3) is 5.91 Å². The first-order chi connectivity index (χ1) is 10.3. The SMILES string of the molecule is Cl.Cl.Nc1cccc(C(=O)NCCCCNc2ccccn2)c1. The molecule has 1 heterocycles. The van der Waals surface area contributed by atoms with Gasteiger partial charge in [0.05, 0.1) is 0 Å². The Morgan fingerprint density at radius 1 is 1.04 bits per heavy atom. The summed E-state index contributed by atoms with van der Waals surface area (Å²) in [4.78, 5) is 16.0. The van der Waals surface area contributed by atoms with Gasteiger partial charge in [0, 0.05) is 30.5 Å². The van der Waals surface area contributed by atoms with Gasteiger partial charge in [-0.15, -0.1) is 24.8 Å². The molecule has 0 aliphatic carbocycles. The molecular formula is C16H22Cl2N4O. The number of amides is 1. The van der Waals surface area contributed by atoms with Crippen molar-refractivity contribution in [2.75, 3.05) is 24.1 Å². The van der Waals surface area contributed by atoms with Gasteiger partial charge in [-0.25, -0.2) is 4.98 Å². The number of halogens is 2. The summed E-state index contributed by atoms with van der Waals surface area (Å²) in [6.07, 6.45) is 3.63. The predicted molar refractivity (Wildman–Crippen MR) is 99.6 cm³/mol. The van der Waals surface area contributed by atoms with Gasteiger partial charge in [-0.1, -0.05) is 12.1 Å². The summed E-state index contributed by atoms with van der Waals surface area (Å²) in [6.45, 7) is 1.49. The van der Waals surface area contributed by atoms with E-state index in [1.807, 2.05) is 18.2 Å². The lowest BCUT2D eigenvalue weighted by atomic mass is 10.2. The maximum Gasteiger partial charge on any atom is 0.251 e. The van der Waals surface area contributed by atoms with Crippen LogP contribution in [-0.2, 0) is 0 Å². The van der Waals surface area contributed by atoms with Crippen LogP contribution in [0.1, 0.15) is 23.2 Å². The van der Waals surface area contributed by atoms with Gasteiger partial charge >= 0.3 is 0 Å². The predicted octanol–water partition coefficient (Wildman–Crippen LogP) is 3.13. The molecule has 0 radical (unpaired) electrons. The molecule has 0 atom stereocenters. The molecule has 0 spiro atoms. The molecule has 5 nitrogen and oxygen atoms in total. The quantitative estimate of drug-likeness (QED) is 0.525. The van der Waals surface area contributed by atoms with E-state index in [1.165, 1.54) is 0 Å². The van der Waals surface area contributed by atoms with Crippen LogP contribution < -0.4 is 16.4 Å². The third kappa shape index (κ3) is 7.72. The molecule has 7 heteroatoms. The highest BCUT2D eigenvalue weighted by Crippen LogP contribution is 2.06. The molecule has 0 fully saturated rings. The Balaban J connectivity index is 0.00000242. The molecular weight excluding hydrogens is 335 g/mol. The molecule has 1 amide bonds. The van der Waals surface area contributed by atoms with Crippen molar-refractivity contribution in [1.29, 1.82) is 0 Å². The van der Waals surface area contributed by atoms with E-state index < -0.39 is 0 Å². The molecule has 23 heavy (non-hydrogen) atoms. The van der Waals surface area contributed by atoms with Gasteiger partial charge in [-0.05, 0) is 43.2 Å². The van der Waals surface area contributed by atoms with E-state index in [0.29, 0.717) is 17.8 Å². The zero-order valence-electron chi connectivity index (χ0n) is 12.7. The van der Waals surface area contributed by atoms with Crippen LogP contribution in [-0.4, -0.2) is 24.0 Å². The van der Waals surface area contributed by atoms with E-state index >= 15 is 0 Å². The molecule has 1 aromatic carbocycles. The summed E-state index contributed by atoms with van der Waals surface area (Å²) >= 11 is 0. The van der Waals surface area contributed by atoms with Crippen LogP contribution in [0.2, 0.25) is 0 Å². The molecule has 0 aliphatic rings. The number of anilines is 2. The molecule has 0 aliphatic heterocycles. The maximum atomic E-state index is 11.9. The molecule has 0 saturated heterocycles. The minimum absolute atomic E-state index is 0. The largest absolute Gasteiger partial charge is 0.399 e. The molecule has 2 rings (SSSR count). The summed E-state index contributed by atoms with van der Waals surface area (Å²) < 4.78 is 0. The third-order valence-corrected chi connectivity index (χ3v) is 3.01. The molecule has 2 aromatic rings. The van der Waals surface area contributed by atoms with Crippen LogP contribution in [0.15, 0.2) is 48.7 Å². The number of pyridine rings is 1. The monoisotopic (exact) mass is 356 g/mol. The number of benzene rings is 1. The number of nitrogens with one attached hydrogen (secondary N) is 2. The van der Waals surface area contributed by atoms with Crippen molar-refractivity contribution in [3.8, 4) is 0 Å².